The molecule has 0 fully saturated rings. The lowest BCUT2D eigenvalue weighted by molar-refractivity contribution is 0.466. The summed E-state index contributed by atoms with van der Waals surface area (Å²) in [6, 6.07) is 0. The lowest BCUT2D eigenvalue weighted by Gasteiger charge is -2.10. The first-order valence-electron chi connectivity index (χ1n) is 2.29. The summed E-state index contributed by atoms with van der Waals surface area (Å²) in [6.07, 6.45) is 1.24. The van der Waals surface area contributed by atoms with Crippen LogP contribution in [0, 0.1) is 5.41 Å². The predicted octanol–water partition coefficient (Wildman–Crippen LogP) is -0.168. The van der Waals surface area contributed by atoms with E-state index < -0.39 is 0 Å². The second-order valence-corrected chi connectivity index (χ2v) is 1.22. The van der Waals surface area contributed by atoms with E-state index in [9.17, 15) is 0 Å². The van der Waals surface area contributed by atoms with Gasteiger partial charge < -0.3 is 10.6 Å². The summed E-state index contributed by atoms with van der Waals surface area (Å²) < 4.78 is 0. The second-order valence-electron chi connectivity index (χ2n) is 1.22. The molecule has 0 saturated heterocycles. The first-order chi connectivity index (χ1) is 3.35. The number of nitrogens with zero attached hydrogens (tertiary/aromatic N) is 1. The molecule has 3 heteroatoms. The number of nitrogens with two attached hydrogens (primary N) is 1. The highest BCUT2D eigenvalue weighted by Crippen LogP contribution is 1.71. The smallest absolute Gasteiger partial charge is 0.0827 e. The van der Waals surface area contributed by atoms with E-state index >= 15 is 0 Å². The van der Waals surface area contributed by atoms with Crippen LogP contribution in [0.25, 0.3) is 0 Å². The Bertz CT molecular complexity index is 48.9. The van der Waals surface area contributed by atoms with Gasteiger partial charge in [0.15, 0.2) is 0 Å². The fourth-order valence-electron chi connectivity index (χ4n) is 0.273. The summed E-state index contributed by atoms with van der Waals surface area (Å²) in [5, 5.41) is 6.68. The van der Waals surface area contributed by atoms with Crippen molar-refractivity contribution in [2.24, 2.45) is 5.73 Å². The van der Waals surface area contributed by atoms with Crippen molar-refractivity contribution in [3.05, 3.63) is 0 Å². The largest absolute Gasteiger partial charge is 0.351 e. The Labute approximate surface area is 43.6 Å². The second kappa shape index (κ2) is 3.61. The van der Waals surface area contributed by atoms with Crippen molar-refractivity contribution in [3.63, 3.8) is 0 Å². The highest BCUT2D eigenvalue weighted by molar-refractivity contribution is 5.50. The molecule has 0 aliphatic carbocycles. The lowest BCUT2D eigenvalue weighted by Crippen LogP contribution is -2.27. The molecule has 0 atom stereocenters. The summed E-state index contributed by atoms with van der Waals surface area (Å²) in [4.78, 5) is 1.69. The molecule has 0 unspecified atom stereocenters. The maximum absolute atomic E-state index is 6.68. The fourth-order valence-corrected chi connectivity index (χ4v) is 0.273. The molecule has 7 heavy (non-hydrogen) atoms. The molecule has 0 aliphatic heterocycles. The minimum Gasteiger partial charge on any atom is -0.351 e. The van der Waals surface area contributed by atoms with E-state index in [-0.39, 0.29) is 0 Å². The van der Waals surface area contributed by atoms with E-state index in [2.05, 4.69) is 0 Å². The van der Waals surface area contributed by atoms with Crippen LogP contribution in [0.5, 0.6) is 0 Å². The molecule has 0 saturated carbocycles. The minimum absolute atomic E-state index is 0.444. The van der Waals surface area contributed by atoms with Crippen LogP contribution in [0.2, 0.25) is 0 Å². The highest BCUT2D eigenvalue weighted by atomic mass is 15.2. The van der Waals surface area contributed by atoms with Gasteiger partial charge in [0.05, 0.1) is 13.0 Å². The average molecular weight is 101 g/mol. The van der Waals surface area contributed by atoms with Gasteiger partial charge in [-0.15, -0.1) is 0 Å². The van der Waals surface area contributed by atoms with Crippen LogP contribution < -0.4 is 5.73 Å². The van der Waals surface area contributed by atoms with Crippen molar-refractivity contribution < 1.29 is 0 Å². The van der Waals surface area contributed by atoms with Gasteiger partial charge in [-0.05, 0) is 6.92 Å². The van der Waals surface area contributed by atoms with Gasteiger partial charge >= 0.3 is 0 Å². The average Bonchev–Trinajstić information content (AvgIpc) is 1.72. The molecule has 0 spiro atoms. The van der Waals surface area contributed by atoms with Crippen LogP contribution in [-0.4, -0.2) is 24.5 Å². The van der Waals surface area contributed by atoms with E-state index in [1.54, 1.807) is 4.90 Å². The monoisotopic (exact) mass is 101 g/mol. The molecule has 0 aromatic heterocycles. The predicted molar refractivity (Wildman–Crippen MR) is 30.2 cm³/mol. The van der Waals surface area contributed by atoms with Gasteiger partial charge in [0.2, 0.25) is 0 Å². The third-order valence-corrected chi connectivity index (χ3v) is 0.823. The highest BCUT2D eigenvalue weighted by Gasteiger charge is 1.84. The lowest BCUT2D eigenvalue weighted by atomic mass is 10.6. The third-order valence-electron chi connectivity index (χ3n) is 0.823. The Morgan fingerprint density at radius 2 is 2.43 bits per heavy atom. The Morgan fingerprint density at radius 3 is 2.43 bits per heavy atom. The van der Waals surface area contributed by atoms with E-state index in [0.717, 1.165) is 6.54 Å². The quantitative estimate of drug-likeness (QED) is 0.294. The molecule has 0 aromatic carbocycles. The normalized spacial score (nSPS) is 8.29. The van der Waals surface area contributed by atoms with Crippen molar-refractivity contribution in [2.75, 3.05) is 13.2 Å². The van der Waals surface area contributed by atoms with Gasteiger partial charge in [0.1, 0.15) is 0 Å². The molecule has 0 aliphatic rings. The molecule has 0 bridgehead atoms. The van der Waals surface area contributed by atoms with Gasteiger partial charge in [-0.3, -0.25) is 5.41 Å². The molecule has 0 amide bonds. The zero-order valence-corrected chi connectivity index (χ0v) is 4.52. The SMILES string of the molecule is CCN(C=N)CN. The van der Waals surface area contributed by atoms with Crippen molar-refractivity contribution >= 4 is 6.34 Å². The maximum atomic E-state index is 6.68. The summed E-state index contributed by atoms with van der Waals surface area (Å²) >= 11 is 0. The summed E-state index contributed by atoms with van der Waals surface area (Å²) in [5.74, 6) is 0. The van der Waals surface area contributed by atoms with Gasteiger partial charge in [0.25, 0.3) is 0 Å². The molecule has 0 radical (unpaired) electrons. The Kier molecular flexibility index (Phi) is 3.32. The van der Waals surface area contributed by atoms with E-state index in [0.29, 0.717) is 6.67 Å². The summed E-state index contributed by atoms with van der Waals surface area (Å²) in [7, 11) is 0. The molecule has 3 nitrogen and oxygen atoms in total. The zero-order chi connectivity index (χ0) is 5.70. The standard InChI is InChI=1S/C4H11N3/c1-2-7(3-5)4-6/h3,5H,2,4,6H2,1H3. The van der Waals surface area contributed by atoms with Crippen LogP contribution in [0.1, 0.15) is 6.92 Å². The number of nitrogens with one attached hydrogen (secondary N) is 1. The molecule has 42 valence electrons. The maximum Gasteiger partial charge on any atom is 0.0827 e. The van der Waals surface area contributed by atoms with Crippen LogP contribution in [0.15, 0.2) is 0 Å². The summed E-state index contributed by atoms with van der Waals surface area (Å²) in [5.41, 5.74) is 5.17. The van der Waals surface area contributed by atoms with Crippen molar-refractivity contribution in [2.45, 2.75) is 6.92 Å². The molecule has 0 aromatic rings. The fraction of sp³-hybridized carbons (Fsp3) is 0.750. The first kappa shape index (κ1) is 6.43. The van der Waals surface area contributed by atoms with Crippen molar-refractivity contribution in [3.8, 4) is 0 Å². The Balaban J connectivity index is 3.16. The van der Waals surface area contributed by atoms with Crippen molar-refractivity contribution in [1.82, 2.24) is 4.90 Å². The third kappa shape index (κ3) is 2.17. The minimum atomic E-state index is 0.444. The first-order valence-corrected chi connectivity index (χ1v) is 2.29. The number of rotatable bonds is 3. The van der Waals surface area contributed by atoms with Gasteiger partial charge in [0, 0.05) is 6.54 Å². The van der Waals surface area contributed by atoms with Gasteiger partial charge in [-0.1, -0.05) is 0 Å². The van der Waals surface area contributed by atoms with E-state index in [4.69, 9.17) is 11.1 Å². The Hall–Kier alpha value is -0.570. The zero-order valence-electron chi connectivity index (χ0n) is 4.52. The van der Waals surface area contributed by atoms with Crippen LogP contribution in [0.3, 0.4) is 0 Å². The molecular weight excluding hydrogens is 90.1 g/mol. The van der Waals surface area contributed by atoms with E-state index in [1.807, 2.05) is 6.92 Å². The van der Waals surface area contributed by atoms with Crippen LogP contribution in [0.4, 0.5) is 0 Å². The van der Waals surface area contributed by atoms with Gasteiger partial charge in [-0.2, -0.15) is 0 Å². The van der Waals surface area contributed by atoms with Crippen molar-refractivity contribution in [1.29, 1.82) is 5.41 Å². The molecule has 3 N–H and O–H groups in total. The summed E-state index contributed by atoms with van der Waals surface area (Å²) in [6.45, 7) is 3.22. The molecular formula is C4H11N3. The van der Waals surface area contributed by atoms with Gasteiger partial charge in [-0.25, -0.2) is 0 Å². The van der Waals surface area contributed by atoms with Crippen LogP contribution >= 0.6 is 0 Å². The Morgan fingerprint density at radius 1 is 1.86 bits per heavy atom. The molecule has 0 rings (SSSR count). The molecule has 0 heterocycles. The van der Waals surface area contributed by atoms with Crippen LogP contribution in [-0.2, 0) is 0 Å². The number of hydrogen-bond donors (Lipinski definition) is 2. The topological polar surface area (TPSA) is 53.1 Å². The number of hydrogen-bond acceptors (Lipinski definition) is 2. The van der Waals surface area contributed by atoms with E-state index in [1.165, 1.54) is 6.34 Å².